The summed E-state index contributed by atoms with van der Waals surface area (Å²) >= 11 is 1.58. The lowest BCUT2D eigenvalue weighted by molar-refractivity contribution is -0.141. The van der Waals surface area contributed by atoms with Gasteiger partial charge in [0.2, 0.25) is 0 Å². The summed E-state index contributed by atoms with van der Waals surface area (Å²) < 4.78 is 0. The molecule has 1 heterocycles. The summed E-state index contributed by atoms with van der Waals surface area (Å²) in [5.74, 6) is 0.312. The van der Waals surface area contributed by atoms with Gasteiger partial charge in [0.25, 0.3) is 0 Å². The van der Waals surface area contributed by atoms with Gasteiger partial charge in [0, 0.05) is 31.6 Å². The van der Waals surface area contributed by atoms with Crippen molar-refractivity contribution in [3.05, 3.63) is 35.4 Å². The molecule has 1 aliphatic rings. The zero-order chi connectivity index (χ0) is 15.4. The van der Waals surface area contributed by atoms with Crippen molar-refractivity contribution in [3.63, 3.8) is 0 Å². The Hall–Kier alpha value is -1.69. The minimum Gasteiger partial charge on any atom is -0.480 e. The standard InChI is InChI=1S/C15H20N2O3S/c1-11-5-3-4-6-12(11)9-16(2)15(20)17-7-8-21-10-13(17)14(18)19/h3-6,13H,7-10H2,1-2H3,(H,18,19). The van der Waals surface area contributed by atoms with E-state index >= 15 is 0 Å². The van der Waals surface area contributed by atoms with Crippen molar-refractivity contribution in [2.45, 2.75) is 19.5 Å². The Balaban J connectivity index is 2.07. The van der Waals surface area contributed by atoms with E-state index in [1.807, 2.05) is 31.2 Å². The molecule has 0 aromatic heterocycles. The SMILES string of the molecule is Cc1ccccc1CN(C)C(=O)N1CCSCC1C(=O)O. The number of rotatable bonds is 3. The number of carboxylic acid groups (broad SMARTS) is 1. The first-order chi connectivity index (χ1) is 10.0. The molecule has 1 aliphatic heterocycles. The molecule has 2 amide bonds. The van der Waals surface area contributed by atoms with E-state index in [1.54, 1.807) is 23.7 Å². The van der Waals surface area contributed by atoms with Crippen LogP contribution < -0.4 is 0 Å². The molecule has 1 aromatic rings. The highest BCUT2D eigenvalue weighted by molar-refractivity contribution is 7.99. The van der Waals surface area contributed by atoms with Crippen LogP contribution in [0.2, 0.25) is 0 Å². The number of carboxylic acids is 1. The van der Waals surface area contributed by atoms with Gasteiger partial charge in [-0.2, -0.15) is 11.8 Å². The van der Waals surface area contributed by atoms with Crippen molar-refractivity contribution < 1.29 is 14.7 Å². The zero-order valence-electron chi connectivity index (χ0n) is 12.3. The highest BCUT2D eigenvalue weighted by Gasteiger charge is 2.33. The molecule has 0 spiro atoms. The molecule has 1 unspecified atom stereocenters. The number of carbonyl (C=O) groups is 2. The van der Waals surface area contributed by atoms with Crippen LogP contribution in [-0.2, 0) is 11.3 Å². The van der Waals surface area contributed by atoms with E-state index in [0.29, 0.717) is 18.8 Å². The smallest absolute Gasteiger partial charge is 0.327 e. The molecule has 2 rings (SSSR count). The van der Waals surface area contributed by atoms with E-state index in [0.717, 1.165) is 16.9 Å². The Morgan fingerprint density at radius 3 is 2.81 bits per heavy atom. The van der Waals surface area contributed by atoms with Crippen molar-refractivity contribution in [1.29, 1.82) is 0 Å². The Kier molecular flexibility index (Phi) is 5.12. The van der Waals surface area contributed by atoms with Crippen LogP contribution in [0.1, 0.15) is 11.1 Å². The molecule has 1 fully saturated rings. The lowest BCUT2D eigenvalue weighted by atomic mass is 10.1. The fourth-order valence-electron chi connectivity index (χ4n) is 2.37. The van der Waals surface area contributed by atoms with E-state index in [2.05, 4.69) is 0 Å². The highest BCUT2D eigenvalue weighted by Crippen LogP contribution is 2.19. The molecule has 0 radical (unpaired) electrons. The Morgan fingerprint density at radius 2 is 2.14 bits per heavy atom. The van der Waals surface area contributed by atoms with E-state index in [4.69, 9.17) is 0 Å². The minimum atomic E-state index is -0.931. The summed E-state index contributed by atoms with van der Waals surface area (Å²) in [4.78, 5) is 26.8. The maximum absolute atomic E-state index is 12.5. The largest absolute Gasteiger partial charge is 0.480 e. The number of hydrogen-bond donors (Lipinski definition) is 1. The normalized spacial score (nSPS) is 18.4. The third-order valence-corrected chi connectivity index (χ3v) is 4.68. The van der Waals surface area contributed by atoms with Gasteiger partial charge >= 0.3 is 12.0 Å². The summed E-state index contributed by atoms with van der Waals surface area (Å²) in [6.45, 7) is 2.98. The van der Waals surface area contributed by atoms with Crippen LogP contribution in [-0.4, -0.2) is 58.0 Å². The van der Waals surface area contributed by atoms with E-state index in [9.17, 15) is 14.7 Å². The number of urea groups is 1. The molecular weight excluding hydrogens is 288 g/mol. The molecule has 1 N–H and O–H groups in total. The number of hydrogen-bond acceptors (Lipinski definition) is 3. The average Bonchev–Trinajstić information content (AvgIpc) is 2.48. The number of carbonyl (C=O) groups excluding carboxylic acids is 1. The third-order valence-electron chi connectivity index (χ3n) is 3.65. The molecule has 21 heavy (non-hydrogen) atoms. The number of aryl methyl sites for hydroxylation is 1. The average molecular weight is 308 g/mol. The fourth-order valence-corrected chi connectivity index (χ4v) is 3.41. The van der Waals surface area contributed by atoms with Crippen molar-refractivity contribution >= 4 is 23.8 Å². The van der Waals surface area contributed by atoms with Gasteiger partial charge in [0.15, 0.2) is 0 Å². The van der Waals surface area contributed by atoms with Crippen LogP contribution in [0.4, 0.5) is 4.79 Å². The van der Waals surface area contributed by atoms with Crippen molar-refractivity contribution in [2.24, 2.45) is 0 Å². The van der Waals surface area contributed by atoms with E-state index < -0.39 is 12.0 Å². The molecule has 0 saturated carbocycles. The second kappa shape index (κ2) is 6.85. The third kappa shape index (κ3) is 3.69. The number of amides is 2. The predicted molar refractivity (Wildman–Crippen MR) is 83.5 cm³/mol. The van der Waals surface area contributed by atoms with Gasteiger partial charge in [0.05, 0.1) is 0 Å². The van der Waals surface area contributed by atoms with Crippen molar-refractivity contribution in [3.8, 4) is 0 Å². The number of nitrogens with zero attached hydrogens (tertiary/aromatic N) is 2. The second-order valence-electron chi connectivity index (χ2n) is 5.19. The predicted octanol–water partition coefficient (Wildman–Crippen LogP) is 2.05. The number of thioether (sulfide) groups is 1. The molecule has 5 nitrogen and oxygen atoms in total. The Morgan fingerprint density at radius 1 is 1.43 bits per heavy atom. The molecule has 0 bridgehead atoms. The van der Waals surface area contributed by atoms with Crippen LogP contribution in [0.3, 0.4) is 0 Å². The monoisotopic (exact) mass is 308 g/mol. The van der Waals surface area contributed by atoms with Gasteiger partial charge in [-0.15, -0.1) is 0 Å². The molecule has 6 heteroatoms. The maximum atomic E-state index is 12.5. The molecule has 1 aromatic carbocycles. The highest BCUT2D eigenvalue weighted by atomic mass is 32.2. The van der Waals surface area contributed by atoms with Gasteiger partial charge < -0.3 is 14.9 Å². The molecule has 114 valence electrons. The first kappa shape index (κ1) is 15.7. The Labute approximate surface area is 128 Å². The van der Waals surface area contributed by atoms with E-state index in [1.165, 1.54) is 4.90 Å². The molecule has 1 atom stereocenters. The van der Waals surface area contributed by atoms with Crippen LogP contribution in [0.15, 0.2) is 24.3 Å². The summed E-state index contributed by atoms with van der Waals surface area (Å²) in [7, 11) is 1.72. The molecule has 0 aliphatic carbocycles. The summed E-state index contributed by atoms with van der Waals surface area (Å²) in [6, 6.07) is 6.95. The maximum Gasteiger partial charge on any atom is 0.327 e. The topological polar surface area (TPSA) is 60.9 Å². The summed E-state index contributed by atoms with van der Waals surface area (Å²) in [6.07, 6.45) is 0. The van der Waals surface area contributed by atoms with Gasteiger partial charge in [-0.3, -0.25) is 0 Å². The first-order valence-electron chi connectivity index (χ1n) is 6.87. The van der Waals surface area contributed by atoms with Crippen molar-refractivity contribution in [2.75, 3.05) is 25.1 Å². The Bertz CT molecular complexity index is 535. The first-order valence-corrected chi connectivity index (χ1v) is 8.03. The van der Waals surface area contributed by atoms with Crippen LogP contribution in [0.5, 0.6) is 0 Å². The molecular formula is C15H20N2O3S. The molecule has 1 saturated heterocycles. The fraction of sp³-hybridized carbons (Fsp3) is 0.467. The number of benzene rings is 1. The van der Waals surface area contributed by atoms with Gasteiger partial charge in [-0.05, 0) is 18.1 Å². The second-order valence-corrected chi connectivity index (χ2v) is 6.34. The van der Waals surface area contributed by atoms with Crippen LogP contribution >= 0.6 is 11.8 Å². The van der Waals surface area contributed by atoms with Gasteiger partial charge in [-0.1, -0.05) is 24.3 Å². The quantitative estimate of drug-likeness (QED) is 0.928. The minimum absolute atomic E-state index is 0.217. The lowest BCUT2D eigenvalue weighted by Gasteiger charge is -2.35. The van der Waals surface area contributed by atoms with Gasteiger partial charge in [0.1, 0.15) is 6.04 Å². The number of aliphatic carboxylic acids is 1. The van der Waals surface area contributed by atoms with E-state index in [-0.39, 0.29) is 6.03 Å². The van der Waals surface area contributed by atoms with Crippen LogP contribution in [0.25, 0.3) is 0 Å². The summed E-state index contributed by atoms with van der Waals surface area (Å²) in [5, 5.41) is 9.25. The zero-order valence-corrected chi connectivity index (χ0v) is 13.1. The van der Waals surface area contributed by atoms with Crippen LogP contribution in [0, 0.1) is 6.92 Å². The lowest BCUT2D eigenvalue weighted by Crippen LogP contribution is -2.53. The summed E-state index contributed by atoms with van der Waals surface area (Å²) in [5.41, 5.74) is 2.20. The van der Waals surface area contributed by atoms with Gasteiger partial charge in [-0.25, -0.2) is 9.59 Å². The van der Waals surface area contributed by atoms with Crippen molar-refractivity contribution in [1.82, 2.24) is 9.80 Å².